The fraction of sp³-hybridized carbons (Fsp3) is 0.308. The average Bonchev–Trinajstić information content (AvgIpc) is 2.85. The monoisotopic (exact) mass is 216 g/mol. The van der Waals surface area contributed by atoms with Crippen molar-refractivity contribution in [2.24, 2.45) is 0 Å². The molecule has 0 aliphatic heterocycles. The van der Waals surface area contributed by atoms with Crippen molar-refractivity contribution in [2.75, 3.05) is 13.7 Å². The Morgan fingerprint density at radius 2 is 2.06 bits per heavy atom. The Kier molecular flexibility index (Phi) is 3.72. The van der Waals surface area contributed by atoms with Gasteiger partial charge in [-0.05, 0) is 18.1 Å². The molecule has 0 bridgehead atoms. The van der Waals surface area contributed by atoms with E-state index in [1.807, 2.05) is 29.2 Å². The average molecular weight is 216 g/mol. The van der Waals surface area contributed by atoms with E-state index >= 15 is 0 Å². The molecule has 1 atom stereocenters. The van der Waals surface area contributed by atoms with Gasteiger partial charge in [0.05, 0.1) is 6.04 Å². The second kappa shape index (κ2) is 5.47. The van der Waals surface area contributed by atoms with E-state index in [4.69, 9.17) is 4.74 Å². The summed E-state index contributed by atoms with van der Waals surface area (Å²) in [7, 11) is 1.73. The predicted molar refractivity (Wildman–Crippen MR) is 63.3 cm³/mol. The molecule has 0 N–H and O–H groups in total. The molecular formula is C13H16N2O. The van der Waals surface area contributed by atoms with Crippen LogP contribution in [0.1, 0.15) is 18.0 Å². The van der Waals surface area contributed by atoms with E-state index in [9.17, 15) is 0 Å². The first-order chi connectivity index (χ1) is 7.92. The van der Waals surface area contributed by atoms with Gasteiger partial charge in [-0.2, -0.15) is 5.10 Å². The van der Waals surface area contributed by atoms with Crippen LogP contribution in [0.4, 0.5) is 0 Å². The van der Waals surface area contributed by atoms with Crippen LogP contribution in [-0.2, 0) is 4.74 Å². The number of hydrogen-bond acceptors (Lipinski definition) is 2. The van der Waals surface area contributed by atoms with Crippen molar-refractivity contribution in [3.63, 3.8) is 0 Å². The summed E-state index contributed by atoms with van der Waals surface area (Å²) in [6.45, 7) is 0.736. The van der Waals surface area contributed by atoms with E-state index in [0.717, 1.165) is 13.0 Å². The zero-order chi connectivity index (χ0) is 11.2. The molecule has 0 saturated heterocycles. The lowest BCUT2D eigenvalue weighted by Gasteiger charge is -2.17. The minimum atomic E-state index is 0.260. The van der Waals surface area contributed by atoms with Crippen LogP contribution in [0.2, 0.25) is 0 Å². The van der Waals surface area contributed by atoms with Crippen LogP contribution in [0.25, 0.3) is 0 Å². The van der Waals surface area contributed by atoms with Crippen molar-refractivity contribution < 1.29 is 4.74 Å². The van der Waals surface area contributed by atoms with Crippen LogP contribution in [0.3, 0.4) is 0 Å². The molecule has 1 unspecified atom stereocenters. The molecule has 0 saturated carbocycles. The van der Waals surface area contributed by atoms with Gasteiger partial charge in [0.25, 0.3) is 0 Å². The maximum absolute atomic E-state index is 5.15. The third-order valence-corrected chi connectivity index (χ3v) is 2.62. The SMILES string of the molecule is COCCC(c1ccccc1)n1cccn1. The van der Waals surface area contributed by atoms with Gasteiger partial charge in [-0.1, -0.05) is 30.3 Å². The smallest absolute Gasteiger partial charge is 0.0790 e. The Morgan fingerprint density at radius 3 is 2.69 bits per heavy atom. The van der Waals surface area contributed by atoms with Crippen LogP contribution < -0.4 is 0 Å². The molecule has 0 aliphatic carbocycles. The third-order valence-electron chi connectivity index (χ3n) is 2.62. The minimum absolute atomic E-state index is 0.260. The number of hydrogen-bond donors (Lipinski definition) is 0. The number of ether oxygens (including phenoxy) is 1. The van der Waals surface area contributed by atoms with E-state index in [-0.39, 0.29) is 6.04 Å². The van der Waals surface area contributed by atoms with Gasteiger partial charge in [0, 0.05) is 26.1 Å². The maximum Gasteiger partial charge on any atom is 0.0790 e. The molecule has 0 radical (unpaired) electrons. The molecule has 3 nitrogen and oxygen atoms in total. The molecule has 3 heteroatoms. The molecular weight excluding hydrogens is 200 g/mol. The zero-order valence-corrected chi connectivity index (χ0v) is 9.41. The van der Waals surface area contributed by atoms with Crippen molar-refractivity contribution >= 4 is 0 Å². The Bertz CT molecular complexity index is 397. The Morgan fingerprint density at radius 1 is 1.25 bits per heavy atom. The molecule has 0 spiro atoms. The topological polar surface area (TPSA) is 27.1 Å². The number of methoxy groups -OCH3 is 1. The van der Waals surface area contributed by atoms with E-state index in [0.29, 0.717) is 0 Å². The summed E-state index contributed by atoms with van der Waals surface area (Å²) in [6, 6.07) is 12.6. The summed E-state index contributed by atoms with van der Waals surface area (Å²) >= 11 is 0. The normalized spacial score (nSPS) is 12.6. The summed E-state index contributed by atoms with van der Waals surface area (Å²) in [4.78, 5) is 0. The van der Waals surface area contributed by atoms with Gasteiger partial charge < -0.3 is 4.74 Å². The van der Waals surface area contributed by atoms with E-state index < -0.39 is 0 Å². The molecule has 0 aliphatic rings. The van der Waals surface area contributed by atoms with Crippen molar-refractivity contribution in [2.45, 2.75) is 12.5 Å². The van der Waals surface area contributed by atoms with Gasteiger partial charge in [-0.15, -0.1) is 0 Å². The first-order valence-electron chi connectivity index (χ1n) is 5.45. The van der Waals surface area contributed by atoms with Crippen LogP contribution in [-0.4, -0.2) is 23.5 Å². The fourth-order valence-corrected chi connectivity index (χ4v) is 1.82. The summed E-state index contributed by atoms with van der Waals surface area (Å²) in [5.41, 5.74) is 1.27. The third kappa shape index (κ3) is 2.49. The Balaban J connectivity index is 2.21. The second-order valence-corrected chi connectivity index (χ2v) is 3.69. The first-order valence-corrected chi connectivity index (χ1v) is 5.45. The summed E-state index contributed by atoms with van der Waals surface area (Å²) in [5.74, 6) is 0. The predicted octanol–water partition coefficient (Wildman–Crippen LogP) is 2.51. The van der Waals surface area contributed by atoms with Crippen LogP contribution in [0.5, 0.6) is 0 Å². The van der Waals surface area contributed by atoms with Crippen LogP contribution >= 0.6 is 0 Å². The van der Waals surface area contributed by atoms with Gasteiger partial charge in [-0.3, -0.25) is 4.68 Å². The standard InChI is InChI=1S/C13H16N2O/c1-16-11-8-13(15-10-5-9-14-15)12-6-3-2-4-7-12/h2-7,9-10,13H,8,11H2,1H3. The minimum Gasteiger partial charge on any atom is -0.385 e. The lowest BCUT2D eigenvalue weighted by Crippen LogP contribution is -2.13. The van der Waals surface area contributed by atoms with Crippen molar-refractivity contribution in [1.29, 1.82) is 0 Å². The van der Waals surface area contributed by atoms with Crippen molar-refractivity contribution in [3.8, 4) is 0 Å². The Hall–Kier alpha value is -1.61. The first kappa shape index (κ1) is 10.9. The maximum atomic E-state index is 5.15. The van der Waals surface area contributed by atoms with Crippen LogP contribution in [0, 0.1) is 0 Å². The van der Waals surface area contributed by atoms with Gasteiger partial charge in [0.2, 0.25) is 0 Å². The highest BCUT2D eigenvalue weighted by molar-refractivity contribution is 5.19. The fourth-order valence-electron chi connectivity index (χ4n) is 1.82. The molecule has 1 heterocycles. The quantitative estimate of drug-likeness (QED) is 0.767. The van der Waals surface area contributed by atoms with E-state index in [1.165, 1.54) is 5.56 Å². The largest absolute Gasteiger partial charge is 0.385 e. The summed E-state index contributed by atoms with van der Waals surface area (Å²) in [5, 5.41) is 4.31. The highest BCUT2D eigenvalue weighted by Gasteiger charge is 2.12. The number of benzene rings is 1. The lowest BCUT2D eigenvalue weighted by atomic mass is 10.0. The summed E-state index contributed by atoms with van der Waals surface area (Å²) in [6.07, 6.45) is 4.73. The molecule has 0 amide bonds. The molecule has 0 fully saturated rings. The Labute approximate surface area is 95.7 Å². The van der Waals surface area contributed by atoms with E-state index in [1.54, 1.807) is 7.11 Å². The zero-order valence-electron chi connectivity index (χ0n) is 9.41. The summed E-state index contributed by atoms with van der Waals surface area (Å²) < 4.78 is 7.13. The lowest BCUT2D eigenvalue weighted by molar-refractivity contribution is 0.182. The van der Waals surface area contributed by atoms with Gasteiger partial charge in [0.15, 0.2) is 0 Å². The molecule has 16 heavy (non-hydrogen) atoms. The van der Waals surface area contributed by atoms with Crippen LogP contribution in [0.15, 0.2) is 48.8 Å². The highest BCUT2D eigenvalue weighted by atomic mass is 16.5. The molecule has 84 valence electrons. The molecule has 1 aromatic heterocycles. The second-order valence-electron chi connectivity index (χ2n) is 3.69. The molecule has 2 aromatic rings. The number of rotatable bonds is 5. The van der Waals surface area contributed by atoms with E-state index in [2.05, 4.69) is 29.4 Å². The van der Waals surface area contributed by atoms with Gasteiger partial charge in [0.1, 0.15) is 0 Å². The number of aromatic nitrogens is 2. The van der Waals surface area contributed by atoms with Gasteiger partial charge >= 0.3 is 0 Å². The van der Waals surface area contributed by atoms with Crippen molar-refractivity contribution in [1.82, 2.24) is 9.78 Å². The van der Waals surface area contributed by atoms with Crippen molar-refractivity contribution in [3.05, 3.63) is 54.4 Å². The number of nitrogens with zero attached hydrogens (tertiary/aromatic N) is 2. The molecule has 2 rings (SSSR count). The van der Waals surface area contributed by atoms with Gasteiger partial charge in [-0.25, -0.2) is 0 Å². The molecule has 1 aromatic carbocycles. The highest BCUT2D eigenvalue weighted by Crippen LogP contribution is 2.20.